The lowest BCUT2D eigenvalue weighted by atomic mass is 9.96. The van der Waals surface area contributed by atoms with E-state index >= 15 is 0 Å². The van der Waals surface area contributed by atoms with E-state index in [0.29, 0.717) is 6.54 Å². The highest BCUT2D eigenvalue weighted by atomic mass is 32.2. The molecule has 118 valence electrons. The Morgan fingerprint density at radius 1 is 1.24 bits per heavy atom. The maximum absolute atomic E-state index is 13.9. The molecule has 0 amide bonds. The zero-order valence-corrected chi connectivity index (χ0v) is 13.2. The van der Waals surface area contributed by atoms with Crippen LogP contribution < -0.4 is 10.0 Å². The average Bonchev–Trinajstić information content (AvgIpc) is 2.47. The van der Waals surface area contributed by atoms with Crippen LogP contribution in [0.3, 0.4) is 0 Å². The van der Waals surface area contributed by atoms with E-state index in [2.05, 4.69) is 10.0 Å². The fourth-order valence-corrected chi connectivity index (χ4v) is 4.07. The number of sulfonamides is 1. The highest BCUT2D eigenvalue weighted by Crippen LogP contribution is 2.22. The van der Waals surface area contributed by atoms with E-state index < -0.39 is 15.8 Å². The van der Waals surface area contributed by atoms with Gasteiger partial charge >= 0.3 is 0 Å². The molecule has 1 aromatic carbocycles. The van der Waals surface area contributed by atoms with Crippen molar-refractivity contribution >= 4 is 10.0 Å². The van der Waals surface area contributed by atoms with Gasteiger partial charge in [0.25, 0.3) is 0 Å². The Labute approximate surface area is 126 Å². The normalized spacial score (nSPS) is 17.0. The van der Waals surface area contributed by atoms with Gasteiger partial charge in [-0.3, -0.25) is 0 Å². The van der Waals surface area contributed by atoms with Crippen LogP contribution in [0.25, 0.3) is 0 Å². The number of benzene rings is 1. The highest BCUT2D eigenvalue weighted by Gasteiger charge is 2.24. The fourth-order valence-electron chi connectivity index (χ4n) is 2.64. The Kier molecular flexibility index (Phi) is 5.72. The molecule has 21 heavy (non-hydrogen) atoms. The highest BCUT2D eigenvalue weighted by molar-refractivity contribution is 7.89. The molecule has 1 aliphatic rings. The van der Waals surface area contributed by atoms with Gasteiger partial charge in [-0.2, -0.15) is 0 Å². The lowest BCUT2D eigenvalue weighted by molar-refractivity contribution is 0.411. The van der Waals surface area contributed by atoms with Crippen LogP contribution in [0.15, 0.2) is 23.1 Å². The molecule has 0 aliphatic heterocycles. The van der Waals surface area contributed by atoms with E-state index in [4.69, 9.17) is 0 Å². The van der Waals surface area contributed by atoms with Gasteiger partial charge in [-0.05, 0) is 37.1 Å². The van der Waals surface area contributed by atoms with Crippen LogP contribution in [0.5, 0.6) is 0 Å². The number of nitrogens with one attached hydrogen (secondary N) is 2. The van der Waals surface area contributed by atoms with E-state index in [1.54, 1.807) is 6.07 Å². The molecule has 0 spiro atoms. The molecule has 0 saturated heterocycles. The lowest BCUT2D eigenvalue weighted by Crippen LogP contribution is -2.36. The van der Waals surface area contributed by atoms with Crippen molar-refractivity contribution in [1.29, 1.82) is 0 Å². The smallest absolute Gasteiger partial charge is 0.243 e. The topological polar surface area (TPSA) is 58.2 Å². The quantitative estimate of drug-likeness (QED) is 0.848. The molecule has 6 heteroatoms. The number of hydrogen-bond donors (Lipinski definition) is 2. The number of hydrogen-bond acceptors (Lipinski definition) is 3. The molecule has 1 aliphatic carbocycles. The molecule has 0 aromatic heterocycles. The van der Waals surface area contributed by atoms with Crippen molar-refractivity contribution in [2.24, 2.45) is 0 Å². The molecular weight excluding hydrogens is 291 g/mol. The van der Waals surface area contributed by atoms with Crippen molar-refractivity contribution in [3.8, 4) is 0 Å². The minimum Gasteiger partial charge on any atom is -0.313 e. The summed E-state index contributed by atoms with van der Waals surface area (Å²) in [5.41, 5.74) is 0.766. The molecule has 2 N–H and O–H groups in total. The predicted octanol–water partition coefficient (Wildman–Crippen LogP) is 2.55. The first-order valence-electron chi connectivity index (χ1n) is 7.54. The Morgan fingerprint density at radius 3 is 2.62 bits per heavy atom. The summed E-state index contributed by atoms with van der Waals surface area (Å²) in [6.45, 7) is 3.27. The Morgan fingerprint density at radius 2 is 1.95 bits per heavy atom. The molecule has 0 bridgehead atoms. The van der Waals surface area contributed by atoms with Gasteiger partial charge in [0.2, 0.25) is 10.0 Å². The van der Waals surface area contributed by atoms with E-state index in [1.165, 1.54) is 12.1 Å². The summed E-state index contributed by atoms with van der Waals surface area (Å²) in [7, 11) is -3.79. The summed E-state index contributed by atoms with van der Waals surface area (Å²) >= 11 is 0. The lowest BCUT2D eigenvalue weighted by Gasteiger charge is -2.22. The van der Waals surface area contributed by atoms with Gasteiger partial charge < -0.3 is 5.32 Å². The molecule has 0 unspecified atom stereocenters. The number of halogens is 1. The Balaban J connectivity index is 2.17. The third-order valence-electron chi connectivity index (χ3n) is 3.79. The van der Waals surface area contributed by atoms with E-state index in [-0.39, 0.29) is 10.9 Å². The van der Waals surface area contributed by atoms with Gasteiger partial charge in [-0.25, -0.2) is 17.5 Å². The van der Waals surface area contributed by atoms with Gasteiger partial charge in [0, 0.05) is 12.6 Å². The van der Waals surface area contributed by atoms with Crippen molar-refractivity contribution in [3.63, 3.8) is 0 Å². The first kappa shape index (κ1) is 16.4. The van der Waals surface area contributed by atoms with Crippen LogP contribution >= 0.6 is 0 Å². The van der Waals surface area contributed by atoms with Crippen LogP contribution in [-0.2, 0) is 16.6 Å². The van der Waals surface area contributed by atoms with Gasteiger partial charge in [-0.1, -0.05) is 32.3 Å². The second-order valence-corrected chi connectivity index (χ2v) is 7.18. The predicted molar refractivity (Wildman–Crippen MR) is 81.0 cm³/mol. The van der Waals surface area contributed by atoms with Crippen molar-refractivity contribution < 1.29 is 12.8 Å². The van der Waals surface area contributed by atoms with Crippen LogP contribution in [0.4, 0.5) is 4.39 Å². The molecule has 4 nitrogen and oxygen atoms in total. The average molecular weight is 314 g/mol. The SMILES string of the molecule is CCNCc1ccc(F)c(S(=O)(=O)NC2CCCCC2)c1. The fraction of sp³-hybridized carbons (Fsp3) is 0.600. The minimum atomic E-state index is -3.79. The largest absolute Gasteiger partial charge is 0.313 e. The first-order chi connectivity index (χ1) is 10.0. The van der Waals surface area contributed by atoms with Gasteiger partial charge in [-0.15, -0.1) is 0 Å². The standard InChI is InChI=1S/C15H23FN2O2S/c1-2-17-11-12-8-9-14(16)15(10-12)21(19,20)18-13-6-4-3-5-7-13/h8-10,13,17-18H,2-7,11H2,1H3. The van der Waals surface area contributed by atoms with E-state index in [0.717, 1.165) is 44.2 Å². The summed E-state index contributed by atoms with van der Waals surface area (Å²) < 4.78 is 41.3. The van der Waals surface area contributed by atoms with Crippen LogP contribution in [0, 0.1) is 5.82 Å². The van der Waals surface area contributed by atoms with Gasteiger partial charge in [0.05, 0.1) is 0 Å². The summed E-state index contributed by atoms with van der Waals surface area (Å²) in [5, 5.41) is 3.11. The Hall–Kier alpha value is -0.980. The molecule has 1 aromatic rings. The van der Waals surface area contributed by atoms with Crippen LogP contribution in [0.1, 0.15) is 44.6 Å². The summed E-state index contributed by atoms with van der Waals surface area (Å²) in [5.74, 6) is -0.696. The third-order valence-corrected chi connectivity index (χ3v) is 5.33. The van der Waals surface area contributed by atoms with Crippen molar-refractivity contribution in [2.45, 2.75) is 56.5 Å². The minimum absolute atomic E-state index is 0.0689. The first-order valence-corrected chi connectivity index (χ1v) is 9.02. The summed E-state index contributed by atoms with van der Waals surface area (Å²) in [4.78, 5) is -0.247. The maximum atomic E-state index is 13.9. The van der Waals surface area contributed by atoms with Gasteiger partial charge in [0.15, 0.2) is 0 Å². The monoisotopic (exact) mass is 314 g/mol. The second kappa shape index (κ2) is 7.33. The van der Waals surface area contributed by atoms with Crippen molar-refractivity contribution in [3.05, 3.63) is 29.6 Å². The summed E-state index contributed by atoms with van der Waals surface area (Å²) in [6.07, 6.45) is 4.85. The molecule has 2 rings (SSSR count). The molecule has 0 radical (unpaired) electrons. The second-order valence-electron chi connectivity index (χ2n) is 5.50. The zero-order valence-electron chi connectivity index (χ0n) is 12.4. The molecule has 0 heterocycles. The number of rotatable bonds is 6. The van der Waals surface area contributed by atoms with Crippen molar-refractivity contribution in [2.75, 3.05) is 6.54 Å². The summed E-state index contributed by atoms with van der Waals surface area (Å²) in [6, 6.07) is 4.18. The zero-order chi connectivity index (χ0) is 15.3. The van der Waals surface area contributed by atoms with Crippen LogP contribution in [-0.4, -0.2) is 21.0 Å². The molecule has 1 fully saturated rings. The van der Waals surface area contributed by atoms with E-state index in [9.17, 15) is 12.8 Å². The van der Waals surface area contributed by atoms with Gasteiger partial charge in [0.1, 0.15) is 10.7 Å². The third kappa shape index (κ3) is 4.49. The molecule has 1 saturated carbocycles. The van der Waals surface area contributed by atoms with E-state index in [1.807, 2.05) is 6.92 Å². The molecule has 0 atom stereocenters. The van der Waals surface area contributed by atoms with Crippen molar-refractivity contribution in [1.82, 2.24) is 10.0 Å². The van der Waals surface area contributed by atoms with Crippen LogP contribution in [0.2, 0.25) is 0 Å². The Bertz CT molecular complexity index is 569. The maximum Gasteiger partial charge on any atom is 0.243 e. The molecular formula is C15H23FN2O2S.